The van der Waals surface area contributed by atoms with E-state index >= 15 is 0 Å². The molecule has 15 heavy (non-hydrogen) atoms. The van der Waals surface area contributed by atoms with Crippen LogP contribution in [0.15, 0.2) is 30.5 Å². The van der Waals surface area contributed by atoms with Gasteiger partial charge in [-0.05, 0) is 17.7 Å². The Hall–Kier alpha value is -1.88. The van der Waals surface area contributed by atoms with Crippen LogP contribution in [0.3, 0.4) is 0 Å². The highest BCUT2D eigenvalue weighted by atomic mass is 16.3. The number of nitrogen functional groups attached to an aromatic ring is 1. The van der Waals surface area contributed by atoms with E-state index in [-0.39, 0.29) is 6.61 Å². The minimum absolute atomic E-state index is 0.0816. The molecule has 0 aliphatic carbocycles. The molecule has 2 rings (SSSR count). The number of aromatic nitrogens is 3. The first-order valence-electron chi connectivity index (χ1n) is 4.62. The van der Waals surface area contributed by atoms with Crippen LogP contribution in [0.5, 0.6) is 0 Å². The molecular formula is C10H12N4O. The number of nitrogens with zero attached hydrogens (tertiary/aromatic N) is 3. The first kappa shape index (κ1) is 9.67. The van der Waals surface area contributed by atoms with Gasteiger partial charge in [0.15, 0.2) is 0 Å². The molecule has 0 aliphatic rings. The van der Waals surface area contributed by atoms with Gasteiger partial charge in [0.2, 0.25) is 0 Å². The third-order valence-electron chi connectivity index (χ3n) is 2.07. The molecule has 0 amide bonds. The molecule has 0 fully saturated rings. The Balaban J connectivity index is 2.11. The maximum atomic E-state index is 8.82. The van der Waals surface area contributed by atoms with Gasteiger partial charge in [0.25, 0.3) is 0 Å². The van der Waals surface area contributed by atoms with E-state index in [1.807, 2.05) is 24.3 Å². The molecule has 2 aromatic rings. The second-order valence-corrected chi connectivity index (χ2v) is 3.31. The van der Waals surface area contributed by atoms with Gasteiger partial charge in [0.1, 0.15) is 5.69 Å². The standard InChI is InChI=1S/C10H12N4O/c11-9-3-1-8(2-4-9)5-14-6-10(7-15)12-13-14/h1-4,6,15H,5,7,11H2. The number of nitrogens with two attached hydrogens (primary N) is 1. The number of benzene rings is 1. The Kier molecular flexibility index (Phi) is 2.64. The normalized spacial score (nSPS) is 10.5. The van der Waals surface area contributed by atoms with Crippen LogP contribution < -0.4 is 5.73 Å². The van der Waals surface area contributed by atoms with Crippen molar-refractivity contribution in [1.82, 2.24) is 15.0 Å². The van der Waals surface area contributed by atoms with Crippen LogP contribution in [0, 0.1) is 0 Å². The fourth-order valence-corrected chi connectivity index (χ4v) is 1.30. The summed E-state index contributed by atoms with van der Waals surface area (Å²) < 4.78 is 1.68. The smallest absolute Gasteiger partial charge is 0.108 e. The highest BCUT2D eigenvalue weighted by Crippen LogP contribution is 2.06. The van der Waals surface area contributed by atoms with E-state index < -0.39 is 0 Å². The van der Waals surface area contributed by atoms with Gasteiger partial charge in [-0.15, -0.1) is 5.10 Å². The van der Waals surface area contributed by atoms with Gasteiger partial charge >= 0.3 is 0 Å². The van der Waals surface area contributed by atoms with Crippen LogP contribution in [0.4, 0.5) is 5.69 Å². The fraction of sp³-hybridized carbons (Fsp3) is 0.200. The van der Waals surface area contributed by atoms with Crippen LogP contribution in [0.2, 0.25) is 0 Å². The molecule has 1 heterocycles. The Bertz CT molecular complexity index is 435. The van der Waals surface area contributed by atoms with Crippen molar-refractivity contribution in [2.45, 2.75) is 13.2 Å². The van der Waals surface area contributed by atoms with Crippen LogP contribution >= 0.6 is 0 Å². The number of hydrogen-bond donors (Lipinski definition) is 2. The van der Waals surface area contributed by atoms with E-state index in [2.05, 4.69) is 10.3 Å². The molecule has 1 aromatic heterocycles. The molecule has 78 valence electrons. The molecule has 1 aromatic carbocycles. The minimum Gasteiger partial charge on any atom is -0.399 e. The van der Waals surface area contributed by atoms with Gasteiger partial charge in [-0.1, -0.05) is 17.3 Å². The molecule has 0 aliphatic heterocycles. The molecule has 5 heteroatoms. The molecular weight excluding hydrogens is 192 g/mol. The number of aliphatic hydroxyl groups excluding tert-OH is 1. The molecule has 0 spiro atoms. The van der Waals surface area contributed by atoms with E-state index in [0.717, 1.165) is 11.3 Å². The van der Waals surface area contributed by atoms with Crippen LogP contribution in [0.25, 0.3) is 0 Å². The van der Waals surface area contributed by atoms with Crippen molar-refractivity contribution < 1.29 is 5.11 Å². The maximum absolute atomic E-state index is 8.82. The van der Waals surface area contributed by atoms with Gasteiger partial charge in [0, 0.05) is 5.69 Å². The van der Waals surface area contributed by atoms with Crippen molar-refractivity contribution in [2.75, 3.05) is 5.73 Å². The lowest BCUT2D eigenvalue weighted by molar-refractivity contribution is 0.276. The third kappa shape index (κ3) is 2.32. The second-order valence-electron chi connectivity index (χ2n) is 3.31. The quantitative estimate of drug-likeness (QED) is 0.709. The van der Waals surface area contributed by atoms with Gasteiger partial charge in [-0.2, -0.15) is 0 Å². The lowest BCUT2D eigenvalue weighted by Gasteiger charge is -2.00. The molecule has 0 saturated carbocycles. The van der Waals surface area contributed by atoms with Crippen molar-refractivity contribution in [3.8, 4) is 0 Å². The van der Waals surface area contributed by atoms with Crippen molar-refractivity contribution in [2.24, 2.45) is 0 Å². The average Bonchev–Trinajstić information content (AvgIpc) is 2.69. The van der Waals surface area contributed by atoms with Crippen molar-refractivity contribution >= 4 is 5.69 Å². The van der Waals surface area contributed by atoms with E-state index in [9.17, 15) is 0 Å². The van der Waals surface area contributed by atoms with Crippen LogP contribution in [0.1, 0.15) is 11.3 Å². The van der Waals surface area contributed by atoms with Crippen LogP contribution in [-0.4, -0.2) is 20.1 Å². The summed E-state index contributed by atoms with van der Waals surface area (Å²) in [5, 5.41) is 16.5. The van der Waals surface area contributed by atoms with Gasteiger partial charge in [-0.3, -0.25) is 0 Å². The predicted molar refractivity (Wildman–Crippen MR) is 55.9 cm³/mol. The number of aliphatic hydroxyl groups is 1. The highest BCUT2D eigenvalue weighted by Gasteiger charge is 1.99. The van der Waals surface area contributed by atoms with E-state index in [1.54, 1.807) is 10.9 Å². The molecule has 5 nitrogen and oxygen atoms in total. The topological polar surface area (TPSA) is 77.0 Å². The number of hydrogen-bond acceptors (Lipinski definition) is 4. The SMILES string of the molecule is Nc1ccc(Cn2cc(CO)nn2)cc1. The number of rotatable bonds is 3. The minimum atomic E-state index is -0.0816. The Labute approximate surface area is 87.1 Å². The Morgan fingerprint density at radius 1 is 1.27 bits per heavy atom. The molecule has 0 saturated heterocycles. The second kappa shape index (κ2) is 4.10. The van der Waals surface area contributed by atoms with Crippen molar-refractivity contribution in [3.05, 3.63) is 41.7 Å². The summed E-state index contributed by atoms with van der Waals surface area (Å²) in [6.07, 6.45) is 1.72. The summed E-state index contributed by atoms with van der Waals surface area (Å²) in [6.45, 7) is 0.551. The summed E-state index contributed by atoms with van der Waals surface area (Å²) in [4.78, 5) is 0. The van der Waals surface area contributed by atoms with E-state index in [0.29, 0.717) is 12.2 Å². The first-order valence-corrected chi connectivity index (χ1v) is 4.62. The van der Waals surface area contributed by atoms with Crippen LogP contribution in [-0.2, 0) is 13.2 Å². The summed E-state index contributed by atoms with van der Waals surface area (Å²) in [6, 6.07) is 7.57. The maximum Gasteiger partial charge on any atom is 0.108 e. The zero-order valence-electron chi connectivity index (χ0n) is 8.17. The van der Waals surface area contributed by atoms with Gasteiger partial charge < -0.3 is 10.8 Å². The molecule has 0 bridgehead atoms. The monoisotopic (exact) mass is 204 g/mol. The molecule has 0 atom stereocenters. The van der Waals surface area contributed by atoms with E-state index in [4.69, 9.17) is 10.8 Å². The third-order valence-corrected chi connectivity index (χ3v) is 2.07. The predicted octanol–water partition coefficient (Wildman–Crippen LogP) is 0.401. The highest BCUT2D eigenvalue weighted by molar-refractivity contribution is 5.39. The lowest BCUT2D eigenvalue weighted by atomic mass is 10.2. The zero-order valence-corrected chi connectivity index (χ0v) is 8.17. The Morgan fingerprint density at radius 2 is 2.00 bits per heavy atom. The summed E-state index contributed by atoms with van der Waals surface area (Å²) >= 11 is 0. The lowest BCUT2D eigenvalue weighted by Crippen LogP contribution is -2.00. The summed E-state index contributed by atoms with van der Waals surface area (Å²) in [5.74, 6) is 0. The van der Waals surface area contributed by atoms with Gasteiger partial charge in [-0.25, -0.2) is 4.68 Å². The first-order chi connectivity index (χ1) is 7.28. The van der Waals surface area contributed by atoms with Gasteiger partial charge in [0.05, 0.1) is 19.3 Å². The number of anilines is 1. The van der Waals surface area contributed by atoms with Crippen molar-refractivity contribution in [3.63, 3.8) is 0 Å². The summed E-state index contributed by atoms with van der Waals surface area (Å²) in [5.41, 5.74) is 7.99. The molecule has 0 unspecified atom stereocenters. The molecule has 0 radical (unpaired) electrons. The van der Waals surface area contributed by atoms with Crippen molar-refractivity contribution in [1.29, 1.82) is 0 Å². The fourth-order valence-electron chi connectivity index (χ4n) is 1.30. The van der Waals surface area contributed by atoms with E-state index in [1.165, 1.54) is 0 Å². The Morgan fingerprint density at radius 3 is 2.60 bits per heavy atom. The zero-order chi connectivity index (χ0) is 10.7. The summed E-state index contributed by atoms with van der Waals surface area (Å²) in [7, 11) is 0. The molecule has 3 N–H and O–H groups in total. The largest absolute Gasteiger partial charge is 0.399 e. The average molecular weight is 204 g/mol.